The monoisotopic (exact) mass is 488 g/mol. The zero-order valence-electron chi connectivity index (χ0n) is 18.5. The van der Waals surface area contributed by atoms with Gasteiger partial charge in [-0.15, -0.1) is 0 Å². The molecule has 1 aliphatic heterocycles. The van der Waals surface area contributed by atoms with Crippen LogP contribution in [0.15, 0.2) is 39.6 Å². The van der Waals surface area contributed by atoms with Crippen molar-refractivity contribution in [3.8, 4) is 22.9 Å². The molecule has 0 aliphatic carbocycles. The molecule has 1 saturated heterocycles. The fourth-order valence-electron chi connectivity index (χ4n) is 3.56. The Morgan fingerprint density at radius 2 is 2.12 bits per heavy atom. The molecule has 0 radical (unpaired) electrons. The smallest absolute Gasteiger partial charge is 0.246 e. The predicted molar refractivity (Wildman–Crippen MR) is 128 cm³/mol. The number of hydrogen-bond donors (Lipinski definition) is 0. The number of nitrogens with zero attached hydrogens (tertiary/aromatic N) is 4. The number of ether oxygens (including phenoxy) is 2. The number of benzene rings is 1. The summed E-state index contributed by atoms with van der Waals surface area (Å²) >= 11 is 7.89. The molecule has 0 bridgehead atoms. The van der Waals surface area contributed by atoms with E-state index in [1.165, 1.54) is 0 Å². The van der Waals surface area contributed by atoms with E-state index in [-0.39, 0.29) is 5.91 Å². The van der Waals surface area contributed by atoms with Crippen LogP contribution in [0.25, 0.3) is 17.5 Å². The minimum absolute atomic E-state index is 0.0444. The van der Waals surface area contributed by atoms with Crippen LogP contribution in [0.4, 0.5) is 0 Å². The van der Waals surface area contributed by atoms with E-state index in [2.05, 4.69) is 15.0 Å². The molecule has 1 aliphatic rings. The Hall–Kier alpha value is -2.88. The molecule has 174 valence electrons. The van der Waals surface area contributed by atoms with Gasteiger partial charge in [-0.05, 0) is 42.1 Å². The van der Waals surface area contributed by atoms with Gasteiger partial charge in [0.2, 0.25) is 17.6 Å². The first kappa shape index (κ1) is 23.3. The summed E-state index contributed by atoms with van der Waals surface area (Å²) in [5.41, 5.74) is 1.73. The van der Waals surface area contributed by atoms with E-state index < -0.39 is 0 Å². The van der Waals surface area contributed by atoms with E-state index in [1.54, 1.807) is 36.7 Å². The lowest BCUT2D eigenvalue weighted by molar-refractivity contribution is -0.127. The average molecular weight is 489 g/mol. The number of piperazine rings is 1. The number of halogens is 1. The summed E-state index contributed by atoms with van der Waals surface area (Å²) < 4.78 is 16.3. The summed E-state index contributed by atoms with van der Waals surface area (Å²) in [5.74, 6) is 2.18. The Morgan fingerprint density at radius 1 is 1.30 bits per heavy atom. The molecule has 1 amide bonds. The van der Waals surface area contributed by atoms with Crippen molar-refractivity contribution in [1.29, 1.82) is 0 Å². The summed E-state index contributed by atoms with van der Waals surface area (Å²) in [6, 6.07) is 5.53. The Bertz CT molecular complexity index is 1110. The van der Waals surface area contributed by atoms with Gasteiger partial charge in [0.15, 0.2) is 11.5 Å². The van der Waals surface area contributed by atoms with Gasteiger partial charge >= 0.3 is 0 Å². The first-order valence-electron chi connectivity index (χ1n) is 10.6. The van der Waals surface area contributed by atoms with Crippen LogP contribution in [0.5, 0.6) is 11.5 Å². The third-order valence-corrected chi connectivity index (χ3v) is 6.21. The van der Waals surface area contributed by atoms with Crippen LogP contribution in [0.2, 0.25) is 5.02 Å². The minimum atomic E-state index is -0.0444. The van der Waals surface area contributed by atoms with Crippen molar-refractivity contribution in [2.24, 2.45) is 0 Å². The van der Waals surface area contributed by atoms with Crippen LogP contribution < -0.4 is 9.47 Å². The van der Waals surface area contributed by atoms with Gasteiger partial charge in [-0.3, -0.25) is 9.69 Å². The van der Waals surface area contributed by atoms with Crippen LogP contribution in [0, 0.1) is 0 Å². The lowest BCUT2D eigenvalue weighted by atomic mass is 10.1. The lowest BCUT2D eigenvalue weighted by Crippen LogP contribution is -2.47. The highest BCUT2D eigenvalue weighted by molar-refractivity contribution is 7.08. The quantitative estimate of drug-likeness (QED) is 0.439. The second kappa shape index (κ2) is 10.8. The SMILES string of the molecule is CCOc1cc(/C=C/C(=O)N2CCN(Cc3nc(-c4ccsc4)no3)CC2)cc(Cl)c1OC. The molecule has 3 heterocycles. The standard InChI is InChI=1S/C23H25ClN4O4S/c1-3-31-19-13-16(12-18(24)22(19)30-2)4-5-21(29)28-9-7-27(8-10-28)14-20-25-23(26-32-20)17-6-11-33-15-17/h4-6,11-13,15H,3,7-10,14H2,1-2H3/b5-4+. The molecule has 2 aromatic heterocycles. The van der Waals surface area contributed by atoms with Crippen LogP contribution in [-0.4, -0.2) is 65.7 Å². The fraction of sp³-hybridized carbons (Fsp3) is 0.348. The molecule has 1 fully saturated rings. The molecule has 10 heteroatoms. The van der Waals surface area contributed by atoms with E-state index in [0.29, 0.717) is 54.5 Å². The largest absolute Gasteiger partial charge is 0.491 e. The number of amides is 1. The molecule has 4 rings (SSSR count). The molecule has 0 saturated carbocycles. The maximum Gasteiger partial charge on any atom is 0.246 e. The Balaban J connectivity index is 1.31. The molecule has 33 heavy (non-hydrogen) atoms. The Morgan fingerprint density at radius 3 is 2.82 bits per heavy atom. The Labute approximate surface area is 201 Å². The van der Waals surface area contributed by atoms with Crippen molar-refractivity contribution in [3.63, 3.8) is 0 Å². The van der Waals surface area contributed by atoms with Gasteiger partial charge in [0.1, 0.15) is 0 Å². The van der Waals surface area contributed by atoms with Gasteiger partial charge < -0.3 is 18.9 Å². The van der Waals surface area contributed by atoms with Crippen molar-refractivity contribution in [3.05, 3.63) is 51.5 Å². The highest BCUT2D eigenvalue weighted by Gasteiger charge is 2.22. The molecule has 0 N–H and O–H groups in total. The predicted octanol–water partition coefficient (Wildman–Crippen LogP) is 4.22. The van der Waals surface area contributed by atoms with Crippen LogP contribution in [0.3, 0.4) is 0 Å². The lowest BCUT2D eigenvalue weighted by Gasteiger charge is -2.33. The van der Waals surface area contributed by atoms with Gasteiger partial charge in [-0.1, -0.05) is 16.8 Å². The van der Waals surface area contributed by atoms with Crippen LogP contribution >= 0.6 is 22.9 Å². The number of methoxy groups -OCH3 is 1. The van der Waals surface area contributed by atoms with Gasteiger partial charge in [0, 0.05) is 43.2 Å². The fourth-order valence-corrected chi connectivity index (χ4v) is 4.49. The van der Waals surface area contributed by atoms with E-state index in [0.717, 1.165) is 24.2 Å². The topological polar surface area (TPSA) is 80.9 Å². The number of carbonyl (C=O) groups is 1. The Kier molecular flexibility index (Phi) is 7.64. The van der Waals surface area contributed by atoms with Crippen molar-refractivity contribution >= 4 is 34.9 Å². The highest BCUT2D eigenvalue weighted by Crippen LogP contribution is 2.36. The molecule has 1 aromatic carbocycles. The first-order valence-corrected chi connectivity index (χ1v) is 11.9. The number of carbonyl (C=O) groups excluding carboxylic acids is 1. The second-order valence-electron chi connectivity index (χ2n) is 7.43. The van der Waals surface area contributed by atoms with Gasteiger partial charge in [0.25, 0.3) is 0 Å². The van der Waals surface area contributed by atoms with Crippen LogP contribution in [-0.2, 0) is 11.3 Å². The van der Waals surface area contributed by atoms with Crippen molar-refractivity contribution in [1.82, 2.24) is 19.9 Å². The van der Waals surface area contributed by atoms with Crippen molar-refractivity contribution < 1.29 is 18.8 Å². The molecule has 0 unspecified atom stereocenters. The van der Waals surface area contributed by atoms with Gasteiger partial charge in [-0.2, -0.15) is 16.3 Å². The number of aromatic nitrogens is 2. The highest BCUT2D eigenvalue weighted by atomic mass is 35.5. The minimum Gasteiger partial charge on any atom is -0.491 e. The van der Waals surface area contributed by atoms with E-state index in [4.69, 9.17) is 25.6 Å². The maximum atomic E-state index is 12.7. The number of hydrogen-bond acceptors (Lipinski definition) is 8. The molecule has 3 aromatic rings. The number of thiophene rings is 1. The zero-order valence-corrected chi connectivity index (χ0v) is 20.1. The van der Waals surface area contributed by atoms with Crippen molar-refractivity contribution in [2.75, 3.05) is 39.9 Å². The van der Waals surface area contributed by atoms with Gasteiger partial charge in [0.05, 0.1) is 25.3 Å². The zero-order chi connectivity index (χ0) is 23.2. The van der Waals surface area contributed by atoms with Crippen LogP contribution in [0.1, 0.15) is 18.4 Å². The van der Waals surface area contributed by atoms with Crippen molar-refractivity contribution in [2.45, 2.75) is 13.5 Å². The molecule has 8 nitrogen and oxygen atoms in total. The average Bonchev–Trinajstić information content (AvgIpc) is 3.50. The first-order chi connectivity index (χ1) is 16.1. The molecule has 0 atom stereocenters. The molecule has 0 spiro atoms. The third kappa shape index (κ3) is 5.73. The summed E-state index contributed by atoms with van der Waals surface area (Å²) in [7, 11) is 1.55. The molecular formula is C23H25ClN4O4S. The summed E-state index contributed by atoms with van der Waals surface area (Å²) in [4.78, 5) is 21.2. The van der Waals surface area contributed by atoms with E-state index in [9.17, 15) is 4.79 Å². The van der Waals surface area contributed by atoms with E-state index >= 15 is 0 Å². The summed E-state index contributed by atoms with van der Waals surface area (Å²) in [5, 5.41) is 8.46. The third-order valence-electron chi connectivity index (χ3n) is 5.24. The van der Waals surface area contributed by atoms with E-state index in [1.807, 2.05) is 34.7 Å². The van der Waals surface area contributed by atoms with Gasteiger partial charge in [-0.25, -0.2) is 0 Å². The maximum absolute atomic E-state index is 12.7. The normalized spacial score (nSPS) is 14.7. The second-order valence-corrected chi connectivity index (χ2v) is 8.61. The number of rotatable bonds is 8. The molecular weight excluding hydrogens is 464 g/mol. The summed E-state index contributed by atoms with van der Waals surface area (Å²) in [6.45, 7) is 5.67. The summed E-state index contributed by atoms with van der Waals surface area (Å²) in [6.07, 6.45) is 3.31.